The van der Waals surface area contributed by atoms with Gasteiger partial charge in [0.1, 0.15) is 22.8 Å². The van der Waals surface area contributed by atoms with E-state index in [1.807, 2.05) is 0 Å². The van der Waals surface area contributed by atoms with E-state index in [0.717, 1.165) is 0 Å². The number of hydrogen-bond acceptors (Lipinski definition) is 2. The van der Waals surface area contributed by atoms with Gasteiger partial charge in [-0.25, -0.2) is 13.7 Å². The van der Waals surface area contributed by atoms with Crippen LogP contribution >= 0.6 is 0 Å². The number of nitrogens with zero attached hydrogens (tertiary/aromatic N) is 1. The molecule has 2 atom stereocenters. The van der Waals surface area contributed by atoms with E-state index < -0.39 is 17.0 Å². The number of amides is 1. The summed E-state index contributed by atoms with van der Waals surface area (Å²) in [7, 11) is -1.55. The third-order valence-electron chi connectivity index (χ3n) is 3.86. The minimum Gasteiger partial charge on any atom is -0.335 e. The number of aromatic nitrogens is 1. The maximum absolute atomic E-state index is 13.8. The molecule has 3 aromatic rings. The highest BCUT2D eigenvalue weighted by atomic mass is 32.2. The number of nitrogens with one attached hydrogen (secondary N) is 1. The molecule has 0 bridgehead atoms. The Hall–Kier alpha value is -2.51. The molecule has 0 aliphatic carbocycles. The summed E-state index contributed by atoms with van der Waals surface area (Å²) in [5.41, 5.74) is 1.23. The number of nitrogens with two attached hydrogens (primary N) is 1. The molecule has 0 aliphatic rings. The normalized spacial score (nSPS) is 13.6. The predicted octanol–water partition coefficient (Wildman–Crippen LogP) is 2.96. The fourth-order valence-corrected chi connectivity index (χ4v) is 2.94. The number of halogens is 1. The molecule has 7 heteroatoms. The smallest absolute Gasteiger partial charge is 0.247 e. The number of hydrogen-bond donors (Lipinski definition) is 2. The van der Waals surface area contributed by atoms with Gasteiger partial charge in [0.2, 0.25) is 5.91 Å². The Morgan fingerprint density at radius 3 is 2.58 bits per heavy atom. The summed E-state index contributed by atoms with van der Waals surface area (Å²) in [6, 6.07) is 12.4. The molecule has 1 amide bonds. The first-order chi connectivity index (χ1) is 11.5. The average molecular weight is 345 g/mol. The van der Waals surface area contributed by atoms with Gasteiger partial charge in [-0.2, -0.15) is 0 Å². The zero-order valence-corrected chi connectivity index (χ0v) is 13.7. The largest absolute Gasteiger partial charge is 0.335 e. The van der Waals surface area contributed by atoms with E-state index in [0.29, 0.717) is 21.5 Å². The number of rotatable bonds is 4. The summed E-state index contributed by atoms with van der Waals surface area (Å²) >= 11 is 0. The van der Waals surface area contributed by atoms with Crippen molar-refractivity contribution in [3.63, 3.8) is 0 Å². The standard InChI is InChI=1S/C17H16FN3O2S/c1-11(21-10-9-14-15(18)3-2-4-16(14)21)17(22)20-12-5-7-13(8-6-12)24(19)23/h2-11H,19H2,1H3,(H,20,22)/t11-,24?/m1/s1. The molecule has 2 aromatic carbocycles. The number of anilines is 1. The lowest BCUT2D eigenvalue weighted by Crippen LogP contribution is -2.23. The summed E-state index contributed by atoms with van der Waals surface area (Å²) in [6.07, 6.45) is 1.69. The number of carbonyl (C=O) groups is 1. The molecule has 0 radical (unpaired) electrons. The molecule has 124 valence electrons. The van der Waals surface area contributed by atoms with Gasteiger partial charge in [-0.05, 0) is 49.4 Å². The minimum absolute atomic E-state index is 0.238. The quantitative estimate of drug-likeness (QED) is 0.763. The summed E-state index contributed by atoms with van der Waals surface area (Å²) in [5, 5.41) is 8.55. The zero-order chi connectivity index (χ0) is 17.3. The van der Waals surface area contributed by atoms with Crippen LogP contribution < -0.4 is 10.5 Å². The molecule has 0 saturated carbocycles. The second-order valence-corrected chi connectivity index (χ2v) is 6.45. The van der Waals surface area contributed by atoms with Crippen LogP contribution in [0.5, 0.6) is 0 Å². The van der Waals surface area contributed by atoms with Crippen molar-refractivity contribution in [2.75, 3.05) is 5.32 Å². The van der Waals surface area contributed by atoms with Crippen molar-refractivity contribution >= 4 is 33.5 Å². The molecule has 3 rings (SSSR count). The molecule has 0 saturated heterocycles. The maximum atomic E-state index is 13.8. The summed E-state index contributed by atoms with van der Waals surface area (Å²) in [4.78, 5) is 12.9. The SMILES string of the molecule is C[C@H](C(=O)Nc1ccc(S(N)=O)cc1)n1ccc2c(F)cccc21. The molecule has 0 spiro atoms. The molecule has 1 unspecified atom stereocenters. The van der Waals surface area contributed by atoms with Crippen LogP contribution in [0.15, 0.2) is 59.6 Å². The minimum atomic E-state index is -1.55. The van der Waals surface area contributed by atoms with Gasteiger partial charge in [-0.15, -0.1) is 0 Å². The number of benzene rings is 2. The monoisotopic (exact) mass is 345 g/mol. The van der Waals surface area contributed by atoms with Crippen molar-refractivity contribution in [1.29, 1.82) is 0 Å². The van der Waals surface area contributed by atoms with E-state index >= 15 is 0 Å². The molecule has 1 aromatic heterocycles. The summed E-state index contributed by atoms with van der Waals surface area (Å²) in [5.74, 6) is -0.553. The van der Waals surface area contributed by atoms with Gasteiger partial charge in [-0.1, -0.05) is 6.07 Å². The van der Waals surface area contributed by atoms with Crippen molar-refractivity contribution in [1.82, 2.24) is 4.57 Å². The molecule has 1 heterocycles. The van der Waals surface area contributed by atoms with E-state index in [2.05, 4.69) is 5.32 Å². The highest BCUT2D eigenvalue weighted by Crippen LogP contribution is 2.23. The Labute approximate surface area is 140 Å². The summed E-state index contributed by atoms with van der Waals surface area (Å²) < 4.78 is 26.6. The Balaban J connectivity index is 1.81. The molecule has 3 N–H and O–H groups in total. The first-order valence-corrected chi connectivity index (χ1v) is 8.51. The maximum Gasteiger partial charge on any atom is 0.247 e. The lowest BCUT2D eigenvalue weighted by molar-refractivity contribution is -0.118. The van der Waals surface area contributed by atoms with Gasteiger partial charge in [0.15, 0.2) is 0 Å². The zero-order valence-electron chi connectivity index (χ0n) is 12.9. The van der Waals surface area contributed by atoms with Crippen molar-refractivity contribution in [2.45, 2.75) is 17.9 Å². The fraction of sp³-hybridized carbons (Fsp3) is 0.118. The van der Waals surface area contributed by atoms with Gasteiger partial charge in [-0.3, -0.25) is 4.79 Å². The van der Waals surface area contributed by atoms with E-state index in [1.54, 1.807) is 60.2 Å². The van der Waals surface area contributed by atoms with Crippen LogP contribution in [-0.4, -0.2) is 14.7 Å². The lowest BCUT2D eigenvalue weighted by Gasteiger charge is -2.15. The third kappa shape index (κ3) is 3.08. The Kier molecular flexibility index (Phi) is 4.46. The molecule has 0 aliphatic heterocycles. The highest BCUT2D eigenvalue weighted by Gasteiger charge is 2.17. The topological polar surface area (TPSA) is 77.1 Å². The van der Waals surface area contributed by atoms with Crippen LogP contribution in [0.1, 0.15) is 13.0 Å². The van der Waals surface area contributed by atoms with Crippen molar-refractivity contribution < 1.29 is 13.4 Å². The van der Waals surface area contributed by atoms with Gasteiger partial charge >= 0.3 is 0 Å². The van der Waals surface area contributed by atoms with Gasteiger partial charge in [0.25, 0.3) is 0 Å². The Morgan fingerprint density at radius 2 is 1.92 bits per heavy atom. The Bertz CT molecular complexity index is 921. The number of carbonyl (C=O) groups excluding carboxylic acids is 1. The first kappa shape index (κ1) is 16.4. The van der Waals surface area contributed by atoms with Crippen molar-refractivity contribution in [3.8, 4) is 0 Å². The second kappa shape index (κ2) is 6.54. The van der Waals surface area contributed by atoms with Crippen LogP contribution in [0.3, 0.4) is 0 Å². The molecular weight excluding hydrogens is 329 g/mol. The predicted molar refractivity (Wildman–Crippen MR) is 92.3 cm³/mol. The third-order valence-corrected chi connectivity index (χ3v) is 4.60. The van der Waals surface area contributed by atoms with E-state index in [1.165, 1.54) is 6.07 Å². The summed E-state index contributed by atoms with van der Waals surface area (Å²) in [6.45, 7) is 1.74. The second-order valence-electron chi connectivity index (χ2n) is 5.38. The lowest BCUT2D eigenvalue weighted by atomic mass is 10.2. The fourth-order valence-electron chi connectivity index (χ4n) is 2.53. The molecule has 24 heavy (non-hydrogen) atoms. The van der Waals surface area contributed by atoms with Gasteiger partial charge in [0.05, 0.1) is 10.4 Å². The van der Waals surface area contributed by atoms with Crippen LogP contribution in [-0.2, 0) is 15.8 Å². The Morgan fingerprint density at radius 1 is 1.21 bits per heavy atom. The first-order valence-electron chi connectivity index (χ1n) is 7.29. The van der Waals surface area contributed by atoms with Crippen molar-refractivity contribution in [3.05, 3.63) is 60.5 Å². The number of fused-ring (bicyclic) bond motifs is 1. The van der Waals surface area contributed by atoms with E-state index in [4.69, 9.17) is 5.14 Å². The van der Waals surface area contributed by atoms with Gasteiger partial charge < -0.3 is 9.88 Å². The van der Waals surface area contributed by atoms with Crippen LogP contribution in [0.4, 0.5) is 10.1 Å². The van der Waals surface area contributed by atoms with E-state index in [-0.39, 0.29) is 11.7 Å². The van der Waals surface area contributed by atoms with Crippen LogP contribution in [0, 0.1) is 5.82 Å². The highest BCUT2D eigenvalue weighted by molar-refractivity contribution is 7.82. The van der Waals surface area contributed by atoms with E-state index in [9.17, 15) is 13.4 Å². The molecule has 0 fully saturated rings. The van der Waals surface area contributed by atoms with Gasteiger partial charge in [0, 0.05) is 17.3 Å². The van der Waals surface area contributed by atoms with Crippen molar-refractivity contribution in [2.24, 2.45) is 5.14 Å². The molecular formula is C17H16FN3O2S. The average Bonchev–Trinajstić information content (AvgIpc) is 3.00. The molecule has 5 nitrogen and oxygen atoms in total. The van der Waals surface area contributed by atoms with Crippen LogP contribution in [0.25, 0.3) is 10.9 Å². The van der Waals surface area contributed by atoms with Crippen LogP contribution in [0.2, 0.25) is 0 Å².